The lowest BCUT2D eigenvalue weighted by Crippen LogP contribution is -2.26. The Labute approximate surface area is 176 Å². The second-order valence-corrected chi connectivity index (χ2v) is 7.41. The van der Waals surface area contributed by atoms with E-state index in [0.717, 1.165) is 33.8 Å². The highest BCUT2D eigenvalue weighted by Crippen LogP contribution is 2.49. The monoisotopic (exact) mass is 406 g/mol. The van der Waals surface area contributed by atoms with Crippen molar-refractivity contribution in [2.24, 2.45) is 0 Å². The first-order chi connectivity index (χ1) is 14.6. The van der Waals surface area contributed by atoms with Gasteiger partial charge in [-0.25, -0.2) is 0 Å². The first-order valence-electron chi connectivity index (χ1n) is 9.88. The first-order valence-corrected chi connectivity index (χ1v) is 9.88. The maximum Gasteiger partial charge on any atom is 0.160 e. The quantitative estimate of drug-likeness (QED) is 0.644. The van der Waals surface area contributed by atoms with Gasteiger partial charge in [0.05, 0.1) is 27.9 Å². The molecule has 0 fully saturated rings. The van der Waals surface area contributed by atoms with E-state index < -0.39 is 0 Å². The molecule has 0 saturated carbocycles. The van der Waals surface area contributed by atoms with Gasteiger partial charge in [-0.3, -0.25) is 0 Å². The Morgan fingerprint density at radius 1 is 0.833 bits per heavy atom. The average molecular weight is 406 g/mol. The van der Waals surface area contributed by atoms with Crippen LogP contribution in [0.3, 0.4) is 0 Å². The van der Waals surface area contributed by atoms with Crippen LogP contribution in [0.1, 0.15) is 34.1 Å². The van der Waals surface area contributed by atoms with E-state index in [-0.39, 0.29) is 17.6 Å². The van der Waals surface area contributed by atoms with E-state index in [0.29, 0.717) is 18.1 Å². The fraction of sp³-hybridized carbons (Fsp3) is 0.280. The maximum absolute atomic E-state index is 10.2. The van der Waals surface area contributed by atoms with Crippen molar-refractivity contribution in [1.82, 2.24) is 0 Å². The van der Waals surface area contributed by atoms with Crippen molar-refractivity contribution in [2.75, 3.05) is 27.9 Å². The molecule has 2 atom stereocenters. The topological polar surface area (TPSA) is 57.2 Å². The van der Waals surface area contributed by atoms with Crippen LogP contribution in [0.15, 0.2) is 54.6 Å². The van der Waals surface area contributed by atoms with Gasteiger partial charge in [0.15, 0.2) is 11.5 Å². The zero-order valence-corrected chi connectivity index (χ0v) is 17.6. The highest BCUT2D eigenvalue weighted by atomic mass is 16.5. The van der Waals surface area contributed by atoms with Gasteiger partial charge in [0.2, 0.25) is 0 Å². The van der Waals surface area contributed by atoms with Gasteiger partial charge in [-0.2, -0.15) is 0 Å². The molecule has 1 aliphatic rings. The lowest BCUT2D eigenvalue weighted by molar-refractivity contribution is 0.245. The van der Waals surface area contributed by atoms with Gasteiger partial charge in [0.25, 0.3) is 0 Å². The summed E-state index contributed by atoms with van der Waals surface area (Å²) in [5.41, 5.74) is 4.08. The predicted octanol–water partition coefficient (Wildman–Crippen LogP) is 5.03. The number of aromatic hydroxyl groups is 1. The Morgan fingerprint density at radius 2 is 1.53 bits per heavy atom. The molecule has 0 bridgehead atoms. The van der Waals surface area contributed by atoms with E-state index in [9.17, 15) is 5.11 Å². The van der Waals surface area contributed by atoms with E-state index >= 15 is 0 Å². The molecule has 3 aromatic carbocycles. The number of hydrogen-bond donors (Lipinski definition) is 1. The molecule has 156 valence electrons. The maximum atomic E-state index is 10.2. The van der Waals surface area contributed by atoms with Crippen molar-refractivity contribution < 1.29 is 24.1 Å². The van der Waals surface area contributed by atoms with Crippen molar-refractivity contribution in [1.29, 1.82) is 0 Å². The third kappa shape index (κ3) is 3.41. The number of ether oxygens (including phenoxy) is 4. The molecule has 3 aromatic rings. The minimum absolute atomic E-state index is 0.0528. The summed E-state index contributed by atoms with van der Waals surface area (Å²) in [5, 5.41) is 10.2. The summed E-state index contributed by atoms with van der Waals surface area (Å²) in [5.74, 6) is 3.32. The summed E-state index contributed by atoms with van der Waals surface area (Å²) >= 11 is 0. The Balaban J connectivity index is 1.85. The highest BCUT2D eigenvalue weighted by Gasteiger charge is 2.35. The van der Waals surface area contributed by atoms with Crippen LogP contribution in [0.25, 0.3) is 0 Å². The Kier molecular flexibility index (Phi) is 5.44. The SMILES string of the molecule is COc1ccc(C2c3ccc(O)c(C)c3OCC2c2ccc(OC)c(OC)c2)cc1. The fourth-order valence-corrected chi connectivity index (χ4v) is 4.22. The van der Waals surface area contributed by atoms with Gasteiger partial charge in [0, 0.05) is 23.0 Å². The Morgan fingerprint density at radius 3 is 2.20 bits per heavy atom. The van der Waals surface area contributed by atoms with Gasteiger partial charge in [0.1, 0.15) is 17.2 Å². The number of benzene rings is 3. The van der Waals surface area contributed by atoms with E-state index in [4.69, 9.17) is 18.9 Å². The summed E-state index contributed by atoms with van der Waals surface area (Å²) in [7, 11) is 4.94. The molecule has 30 heavy (non-hydrogen) atoms. The van der Waals surface area contributed by atoms with Crippen LogP contribution in [0.2, 0.25) is 0 Å². The molecule has 1 heterocycles. The van der Waals surface area contributed by atoms with Crippen molar-refractivity contribution in [3.8, 4) is 28.7 Å². The molecule has 0 aromatic heterocycles. The number of fused-ring (bicyclic) bond motifs is 1. The second kappa shape index (κ2) is 8.19. The molecule has 0 amide bonds. The molecule has 0 saturated heterocycles. The summed E-state index contributed by atoms with van der Waals surface area (Å²) in [6.07, 6.45) is 0. The minimum Gasteiger partial charge on any atom is -0.508 e. The lowest BCUT2D eigenvalue weighted by Gasteiger charge is -2.35. The standard InChI is InChI=1S/C25H26O5/c1-15-21(26)11-10-19-24(16-5-8-18(27-2)9-6-16)20(14-30-25(15)19)17-7-12-22(28-3)23(13-17)29-4/h5-13,20,24,26H,14H2,1-4H3. The summed E-state index contributed by atoms with van der Waals surface area (Å²) in [6, 6.07) is 17.8. The highest BCUT2D eigenvalue weighted by molar-refractivity contribution is 5.56. The number of rotatable bonds is 5. The zero-order valence-electron chi connectivity index (χ0n) is 17.6. The van der Waals surface area contributed by atoms with Crippen LogP contribution >= 0.6 is 0 Å². The zero-order chi connectivity index (χ0) is 21.3. The largest absolute Gasteiger partial charge is 0.508 e. The lowest BCUT2D eigenvalue weighted by atomic mass is 9.75. The molecule has 1 N–H and O–H groups in total. The van der Waals surface area contributed by atoms with Crippen LogP contribution in [0, 0.1) is 6.92 Å². The van der Waals surface area contributed by atoms with Crippen LogP contribution in [-0.2, 0) is 0 Å². The van der Waals surface area contributed by atoms with Crippen LogP contribution in [0.4, 0.5) is 0 Å². The van der Waals surface area contributed by atoms with Gasteiger partial charge < -0.3 is 24.1 Å². The van der Waals surface area contributed by atoms with Gasteiger partial charge >= 0.3 is 0 Å². The second-order valence-electron chi connectivity index (χ2n) is 7.41. The first kappa shape index (κ1) is 20.0. The molecule has 0 spiro atoms. The normalized spacial score (nSPS) is 17.6. The molecule has 5 heteroatoms. The molecular formula is C25H26O5. The van der Waals surface area contributed by atoms with Crippen LogP contribution in [0.5, 0.6) is 28.7 Å². The molecular weight excluding hydrogens is 380 g/mol. The van der Waals surface area contributed by atoms with Crippen molar-refractivity contribution >= 4 is 0 Å². The van der Waals surface area contributed by atoms with Gasteiger partial charge in [-0.15, -0.1) is 0 Å². The minimum atomic E-state index is 0.0528. The van der Waals surface area contributed by atoms with Crippen molar-refractivity contribution in [3.63, 3.8) is 0 Å². The number of phenolic OH excluding ortho intramolecular Hbond substituents is 1. The number of methoxy groups -OCH3 is 3. The van der Waals surface area contributed by atoms with E-state index in [1.807, 2.05) is 37.3 Å². The summed E-state index contributed by atoms with van der Waals surface area (Å²) in [6.45, 7) is 2.37. The molecule has 5 nitrogen and oxygen atoms in total. The number of hydrogen-bond acceptors (Lipinski definition) is 5. The molecule has 2 unspecified atom stereocenters. The summed E-state index contributed by atoms with van der Waals surface area (Å²) < 4.78 is 22.4. The molecule has 0 aliphatic carbocycles. The van der Waals surface area contributed by atoms with Gasteiger partial charge in [-0.05, 0) is 48.4 Å². The molecule has 1 aliphatic heterocycles. The van der Waals surface area contributed by atoms with Crippen LogP contribution in [-0.4, -0.2) is 33.0 Å². The number of phenols is 1. The molecule has 4 rings (SSSR count). The third-order valence-electron chi connectivity index (χ3n) is 5.86. The van der Waals surface area contributed by atoms with E-state index in [1.54, 1.807) is 27.4 Å². The third-order valence-corrected chi connectivity index (χ3v) is 5.86. The smallest absolute Gasteiger partial charge is 0.160 e. The van der Waals surface area contributed by atoms with Crippen molar-refractivity contribution in [2.45, 2.75) is 18.8 Å². The molecule has 0 radical (unpaired) electrons. The van der Waals surface area contributed by atoms with E-state index in [2.05, 4.69) is 18.2 Å². The van der Waals surface area contributed by atoms with Crippen LogP contribution < -0.4 is 18.9 Å². The van der Waals surface area contributed by atoms with Gasteiger partial charge in [-0.1, -0.05) is 24.3 Å². The van der Waals surface area contributed by atoms with E-state index in [1.165, 1.54) is 0 Å². The van der Waals surface area contributed by atoms with Crippen molar-refractivity contribution in [3.05, 3.63) is 76.9 Å². The Bertz CT molecular complexity index is 1040. The summed E-state index contributed by atoms with van der Waals surface area (Å²) in [4.78, 5) is 0. The fourth-order valence-electron chi connectivity index (χ4n) is 4.22. The predicted molar refractivity (Wildman–Crippen MR) is 115 cm³/mol. The Hall–Kier alpha value is -3.34. The average Bonchev–Trinajstić information content (AvgIpc) is 2.80.